The Morgan fingerprint density at radius 1 is 1.42 bits per heavy atom. The van der Waals surface area contributed by atoms with Gasteiger partial charge in [0.15, 0.2) is 0 Å². The number of aryl methyl sites for hydroxylation is 1. The molecule has 1 N–H and O–H groups in total. The van der Waals surface area contributed by atoms with Crippen molar-refractivity contribution >= 4 is 11.8 Å². The lowest BCUT2D eigenvalue weighted by molar-refractivity contribution is -0.138. The van der Waals surface area contributed by atoms with Gasteiger partial charge in [-0.1, -0.05) is 6.92 Å². The molecule has 2 rings (SSSR count). The summed E-state index contributed by atoms with van der Waals surface area (Å²) in [6, 6.07) is -0.350. The summed E-state index contributed by atoms with van der Waals surface area (Å²) >= 11 is 0. The second-order valence-electron chi connectivity index (χ2n) is 6.26. The Balaban J connectivity index is 2.02. The third-order valence-corrected chi connectivity index (χ3v) is 4.52. The van der Waals surface area contributed by atoms with E-state index in [2.05, 4.69) is 10.3 Å². The molecule has 2 amide bonds. The maximum atomic E-state index is 12.5. The molecule has 1 aromatic heterocycles. The van der Waals surface area contributed by atoms with Gasteiger partial charge in [0.25, 0.3) is 0 Å². The highest BCUT2D eigenvalue weighted by molar-refractivity contribution is 5.88. The van der Waals surface area contributed by atoms with Gasteiger partial charge in [-0.3, -0.25) is 14.6 Å². The third kappa shape index (κ3) is 3.86. The van der Waals surface area contributed by atoms with Crippen LogP contribution in [-0.4, -0.2) is 41.4 Å². The lowest BCUT2D eigenvalue weighted by Gasteiger charge is -2.24. The van der Waals surface area contributed by atoms with E-state index in [9.17, 15) is 9.59 Å². The minimum absolute atomic E-state index is 0.0708. The van der Waals surface area contributed by atoms with E-state index in [1.165, 1.54) is 0 Å². The van der Waals surface area contributed by atoms with Gasteiger partial charge < -0.3 is 15.0 Å². The minimum Gasteiger partial charge on any atom is -0.496 e. The van der Waals surface area contributed by atoms with Gasteiger partial charge in [0.05, 0.1) is 19.3 Å². The first-order chi connectivity index (χ1) is 11.5. The number of amides is 2. The molecule has 132 valence electrons. The molecule has 1 aliphatic rings. The van der Waals surface area contributed by atoms with Crippen molar-refractivity contribution in [2.75, 3.05) is 13.7 Å². The summed E-state index contributed by atoms with van der Waals surface area (Å²) in [6.07, 6.45) is 4.66. The highest BCUT2D eigenvalue weighted by Gasteiger charge is 2.33. The van der Waals surface area contributed by atoms with Crippen LogP contribution in [0.1, 0.15) is 49.4 Å². The summed E-state index contributed by atoms with van der Waals surface area (Å²) in [5, 5.41) is 2.93. The van der Waals surface area contributed by atoms with E-state index in [0.29, 0.717) is 19.5 Å². The van der Waals surface area contributed by atoms with Crippen molar-refractivity contribution in [3.05, 3.63) is 23.0 Å². The first-order valence-corrected chi connectivity index (χ1v) is 8.55. The quantitative estimate of drug-likeness (QED) is 0.865. The van der Waals surface area contributed by atoms with Crippen LogP contribution in [0.4, 0.5) is 0 Å². The second kappa shape index (κ2) is 8.13. The van der Waals surface area contributed by atoms with E-state index in [1.807, 2.05) is 20.8 Å². The van der Waals surface area contributed by atoms with Crippen LogP contribution >= 0.6 is 0 Å². The smallest absolute Gasteiger partial charge is 0.243 e. The predicted molar refractivity (Wildman–Crippen MR) is 91.8 cm³/mol. The fourth-order valence-corrected chi connectivity index (χ4v) is 3.23. The van der Waals surface area contributed by atoms with Crippen molar-refractivity contribution in [1.29, 1.82) is 0 Å². The molecule has 2 heterocycles. The van der Waals surface area contributed by atoms with Crippen LogP contribution in [0.15, 0.2) is 6.20 Å². The maximum Gasteiger partial charge on any atom is 0.243 e. The normalized spacial score (nSPS) is 17.0. The second-order valence-corrected chi connectivity index (χ2v) is 6.26. The molecule has 0 saturated carbocycles. The Labute approximate surface area is 143 Å². The highest BCUT2D eigenvalue weighted by atomic mass is 16.5. The average Bonchev–Trinajstić information content (AvgIpc) is 3.04. The van der Waals surface area contributed by atoms with Crippen molar-refractivity contribution in [2.45, 2.75) is 59.0 Å². The number of carbonyl (C=O) groups excluding carboxylic acids is 2. The third-order valence-electron chi connectivity index (χ3n) is 4.52. The molecule has 1 aromatic rings. The molecule has 0 radical (unpaired) electrons. The van der Waals surface area contributed by atoms with Gasteiger partial charge in [-0.25, -0.2) is 0 Å². The summed E-state index contributed by atoms with van der Waals surface area (Å²) in [5.41, 5.74) is 2.69. The minimum atomic E-state index is -0.350. The number of aromatic nitrogens is 1. The standard InChI is InChI=1S/C18H27N3O3/c1-5-7-16(22)21-9-6-8-15(21)18(23)20-11-14-13(3)17(24-4)12(2)10-19-14/h10,15H,5-9,11H2,1-4H3,(H,20,23)/t15-/m0/s1. The van der Waals surface area contributed by atoms with Gasteiger partial charge in [-0.05, 0) is 33.1 Å². The van der Waals surface area contributed by atoms with Gasteiger partial charge >= 0.3 is 0 Å². The van der Waals surface area contributed by atoms with Crippen LogP contribution in [0.5, 0.6) is 5.75 Å². The zero-order chi connectivity index (χ0) is 17.7. The van der Waals surface area contributed by atoms with Gasteiger partial charge in [-0.2, -0.15) is 0 Å². The number of nitrogens with zero attached hydrogens (tertiary/aromatic N) is 2. The maximum absolute atomic E-state index is 12.5. The highest BCUT2D eigenvalue weighted by Crippen LogP contribution is 2.24. The fourth-order valence-electron chi connectivity index (χ4n) is 3.23. The molecular formula is C18H27N3O3. The molecule has 1 saturated heterocycles. The number of likely N-dealkylation sites (tertiary alicyclic amines) is 1. The van der Waals surface area contributed by atoms with Crippen LogP contribution in [0.2, 0.25) is 0 Å². The molecule has 6 heteroatoms. The van der Waals surface area contributed by atoms with Crippen LogP contribution in [0.25, 0.3) is 0 Å². The lowest BCUT2D eigenvalue weighted by Crippen LogP contribution is -2.45. The molecule has 6 nitrogen and oxygen atoms in total. The number of rotatable bonds is 6. The fraction of sp³-hybridized carbons (Fsp3) is 0.611. The Morgan fingerprint density at radius 2 is 2.17 bits per heavy atom. The number of hydrogen-bond donors (Lipinski definition) is 1. The summed E-state index contributed by atoms with van der Waals surface area (Å²) < 4.78 is 5.39. The van der Waals surface area contributed by atoms with Gasteiger partial charge in [-0.15, -0.1) is 0 Å². The molecule has 0 bridgehead atoms. The predicted octanol–water partition coefficient (Wildman–Crippen LogP) is 2.11. The summed E-state index contributed by atoms with van der Waals surface area (Å²) in [5.74, 6) is 0.772. The average molecular weight is 333 g/mol. The van der Waals surface area contributed by atoms with Gasteiger partial charge in [0.2, 0.25) is 11.8 Å². The Bertz CT molecular complexity index is 616. The number of ether oxygens (including phenoxy) is 1. The zero-order valence-electron chi connectivity index (χ0n) is 15.0. The van der Waals surface area contributed by atoms with Crippen molar-refractivity contribution in [1.82, 2.24) is 15.2 Å². The zero-order valence-corrected chi connectivity index (χ0v) is 15.0. The molecule has 24 heavy (non-hydrogen) atoms. The van der Waals surface area contributed by atoms with Crippen molar-refractivity contribution in [3.8, 4) is 5.75 Å². The molecule has 0 spiro atoms. The molecule has 1 aliphatic heterocycles. The van der Waals surface area contributed by atoms with E-state index in [1.54, 1.807) is 18.2 Å². The summed E-state index contributed by atoms with van der Waals surface area (Å²) in [7, 11) is 1.63. The van der Waals surface area contributed by atoms with Crippen LogP contribution in [0, 0.1) is 13.8 Å². The van der Waals surface area contributed by atoms with E-state index in [-0.39, 0.29) is 17.9 Å². The van der Waals surface area contributed by atoms with Crippen molar-refractivity contribution in [2.24, 2.45) is 0 Å². The lowest BCUT2D eigenvalue weighted by atomic mass is 10.1. The number of carbonyl (C=O) groups is 2. The topological polar surface area (TPSA) is 71.5 Å². The number of methoxy groups -OCH3 is 1. The molecule has 0 aromatic carbocycles. The van der Waals surface area contributed by atoms with E-state index >= 15 is 0 Å². The van der Waals surface area contributed by atoms with Gasteiger partial charge in [0, 0.05) is 30.3 Å². The monoisotopic (exact) mass is 333 g/mol. The number of nitrogens with one attached hydrogen (secondary N) is 1. The van der Waals surface area contributed by atoms with Crippen molar-refractivity contribution in [3.63, 3.8) is 0 Å². The van der Waals surface area contributed by atoms with E-state index < -0.39 is 0 Å². The Kier molecular flexibility index (Phi) is 6.17. The largest absolute Gasteiger partial charge is 0.496 e. The first kappa shape index (κ1) is 18.2. The number of pyridine rings is 1. The summed E-state index contributed by atoms with van der Waals surface area (Å²) in [4.78, 5) is 30.7. The molecule has 1 fully saturated rings. The molecule has 0 unspecified atom stereocenters. The Hall–Kier alpha value is -2.11. The van der Waals surface area contributed by atoms with Crippen LogP contribution in [0.3, 0.4) is 0 Å². The molecular weight excluding hydrogens is 306 g/mol. The Morgan fingerprint density at radius 3 is 2.83 bits per heavy atom. The number of hydrogen-bond acceptors (Lipinski definition) is 4. The molecule has 1 atom stereocenters. The summed E-state index contributed by atoms with van der Waals surface area (Å²) in [6.45, 7) is 6.87. The van der Waals surface area contributed by atoms with Crippen LogP contribution in [-0.2, 0) is 16.1 Å². The van der Waals surface area contributed by atoms with Gasteiger partial charge in [0.1, 0.15) is 11.8 Å². The van der Waals surface area contributed by atoms with Crippen LogP contribution < -0.4 is 10.1 Å². The van der Waals surface area contributed by atoms with Crippen molar-refractivity contribution < 1.29 is 14.3 Å². The molecule has 0 aliphatic carbocycles. The first-order valence-electron chi connectivity index (χ1n) is 8.55. The van der Waals surface area contributed by atoms with E-state index in [4.69, 9.17) is 4.74 Å². The van der Waals surface area contributed by atoms with E-state index in [0.717, 1.165) is 41.8 Å². The SMILES string of the molecule is CCCC(=O)N1CCC[C@H]1C(=O)NCc1ncc(C)c(OC)c1C.